The smallest absolute Gasteiger partial charge is 0.244 e. The largest absolute Gasteiger partial charge is 0.390 e. The fourth-order valence-electron chi connectivity index (χ4n) is 3.00. The molecular weight excluding hydrogens is 276 g/mol. The second-order valence-electron chi connectivity index (χ2n) is 5.44. The van der Waals surface area contributed by atoms with Crippen LogP contribution in [0.2, 0.25) is 0 Å². The van der Waals surface area contributed by atoms with Crippen molar-refractivity contribution in [3.8, 4) is 0 Å². The number of aliphatic hydroxyl groups is 1. The van der Waals surface area contributed by atoms with Crippen molar-refractivity contribution in [2.24, 2.45) is 7.05 Å². The van der Waals surface area contributed by atoms with Crippen LogP contribution >= 0.6 is 0 Å². The molecule has 1 aromatic rings. The summed E-state index contributed by atoms with van der Waals surface area (Å²) in [6.45, 7) is 2.24. The molecule has 1 N–H and O–H groups in total. The van der Waals surface area contributed by atoms with Gasteiger partial charge in [0.1, 0.15) is 4.90 Å². The van der Waals surface area contributed by atoms with Gasteiger partial charge in [-0.05, 0) is 18.9 Å². The average Bonchev–Trinajstić information content (AvgIpc) is 2.82. The minimum atomic E-state index is -3.46. The molecule has 5 nitrogen and oxygen atoms in total. The van der Waals surface area contributed by atoms with Gasteiger partial charge in [-0.25, -0.2) is 8.42 Å². The topological polar surface area (TPSA) is 62.5 Å². The molecule has 1 aliphatic carbocycles. The Bertz CT molecular complexity index is 545. The fourth-order valence-corrected chi connectivity index (χ4v) is 4.79. The van der Waals surface area contributed by atoms with E-state index in [0.29, 0.717) is 12.2 Å². The highest BCUT2D eigenvalue weighted by atomic mass is 32.2. The molecule has 0 radical (unpaired) electrons. The first-order valence-corrected chi connectivity index (χ1v) is 8.72. The van der Waals surface area contributed by atoms with Crippen molar-refractivity contribution in [3.05, 3.63) is 18.0 Å². The maximum Gasteiger partial charge on any atom is 0.244 e. The molecule has 0 aromatic carbocycles. The molecule has 0 unspecified atom stereocenters. The molecule has 1 aliphatic rings. The van der Waals surface area contributed by atoms with Gasteiger partial charge in [0, 0.05) is 31.5 Å². The zero-order valence-electron chi connectivity index (χ0n) is 12.2. The van der Waals surface area contributed by atoms with Crippen LogP contribution in [-0.4, -0.2) is 35.0 Å². The lowest BCUT2D eigenvalue weighted by Gasteiger charge is -2.32. The summed E-state index contributed by atoms with van der Waals surface area (Å²) in [7, 11) is -1.71. The monoisotopic (exact) mass is 300 g/mol. The highest BCUT2D eigenvalue weighted by Gasteiger charge is 2.31. The molecule has 20 heavy (non-hydrogen) atoms. The molecule has 0 aliphatic heterocycles. The predicted octanol–water partition coefficient (Wildman–Crippen LogP) is 1.86. The Kier molecular flexibility index (Phi) is 4.88. The summed E-state index contributed by atoms with van der Waals surface area (Å²) in [6, 6.07) is 1.69. The van der Waals surface area contributed by atoms with E-state index in [0.717, 1.165) is 25.7 Å². The quantitative estimate of drug-likeness (QED) is 0.903. The Balaban J connectivity index is 2.30. The van der Waals surface area contributed by atoms with Crippen LogP contribution in [0, 0.1) is 0 Å². The number of hydrogen-bond donors (Lipinski definition) is 1. The first-order chi connectivity index (χ1) is 9.50. The van der Waals surface area contributed by atoms with Gasteiger partial charge in [-0.3, -0.25) is 0 Å². The second kappa shape index (κ2) is 6.28. The van der Waals surface area contributed by atoms with Crippen molar-refractivity contribution >= 4 is 10.0 Å². The SMILES string of the molecule is CCN(C1CCCCC1)S(=O)(=O)c1cc(CO)n(C)c1. The van der Waals surface area contributed by atoms with Crippen LogP contribution in [0.3, 0.4) is 0 Å². The summed E-state index contributed by atoms with van der Waals surface area (Å²) in [4.78, 5) is 0.288. The van der Waals surface area contributed by atoms with Gasteiger partial charge in [0.05, 0.1) is 6.61 Å². The standard InChI is InChI=1S/C14H24N2O3S/c1-3-16(12-7-5-4-6-8-12)20(18,19)14-9-13(11-17)15(2)10-14/h9-10,12,17H,3-8,11H2,1-2H3. The molecule has 0 bridgehead atoms. The van der Waals surface area contributed by atoms with Crippen LogP contribution in [0.5, 0.6) is 0 Å². The van der Waals surface area contributed by atoms with Crippen LogP contribution in [0.1, 0.15) is 44.7 Å². The lowest BCUT2D eigenvalue weighted by atomic mass is 9.95. The highest BCUT2D eigenvalue weighted by molar-refractivity contribution is 7.89. The molecule has 2 rings (SSSR count). The second-order valence-corrected chi connectivity index (χ2v) is 7.33. The third-order valence-electron chi connectivity index (χ3n) is 4.15. The van der Waals surface area contributed by atoms with Crippen molar-refractivity contribution in [2.75, 3.05) is 6.54 Å². The van der Waals surface area contributed by atoms with E-state index in [1.807, 2.05) is 6.92 Å². The van der Waals surface area contributed by atoms with Gasteiger partial charge in [-0.1, -0.05) is 26.2 Å². The molecule has 1 aromatic heterocycles. The molecule has 6 heteroatoms. The number of aromatic nitrogens is 1. The summed E-state index contributed by atoms with van der Waals surface area (Å²) < 4.78 is 28.8. The lowest BCUT2D eigenvalue weighted by molar-refractivity contribution is 0.261. The highest BCUT2D eigenvalue weighted by Crippen LogP contribution is 2.28. The maximum absolute atomic E-state index is 12.8. The minimum absolute atomic E-state index is 0.122. The number of sulfonamides is 1. The Morgan fingerprint density at radius 3 is 2.50 bits per heavy atom. The molecular formula is C14H24N2O3S. The number of rotatable bonds is 5. The summed E-state index contributed by atoms with van der Waals surface area (Å²) in [6.07, 6.45) is 6.90. The molecule has 0 atom stereocenters. The summed E-state index contributed by atoms with van der Waals surface area (Å²) >= 11 is 0. The lowest BCUT2D eigenvalue weighted by Crippen LogP contribution is -2.41. The van der Waals surface area contributed by atoms with Crippen LogP contribution in [0.25, 0.3) is 0 Å². The first kappa shape index (κ1) is 15.5. The Morgan fingerprint density at radius 2 is 2.00 bits per heavy atom. The molecule has 0 spiro atoms. The van der Waals surface area contributed by atoms with Crippen LogP contribution in [0.4, 0.5) is 0 Å². The number of aryl methyl sites for hydroxylation is 1. The third kappa shape index (κ3) is 2.92. The van der Waals surface area contributed by atoms with E-state index in [-0.39, 0.29) is 17.5 Å². The number of aliphatic hydroxyl groups excluding tert-OH is 1. The fraction of sp³-hybridized carbons (Fsp3) is 0.714. The number of hydrogen-bond acceptors (Lipinski definition) is 3. The third-order valence-corrected chi connectivity index (χ3v) is 6.14. The van der Waals surface area contributed by atoms with E-state index in [1.165, 1.54) is 6.42 Å². The van der Waals surface area contributed by atoms with Gasteiger partial charge >= 0.3 is 0 Å². The van der Waals surface area contributed by atoms with Crippen molar-refractivity contribution in [1.82, 2.24) is 8.87 Å². The van der Waals surface area contributed by atoms with E-state index in [9.17, 15) is 13.5 Å². The maximum atomic E-state index is 12.8. The van der Waals surface area contributed by atoms with Gasteiger partial charge in [-0.2, -0.15) is 4.31 Å². The van der Waals surface area contributed by atoms with Gasteiger partial charge in [0.15, 0.2) is 0 Å². The zero-order valence-corrected chi connectivity index (χ0v) is 13.1. The predicted molar refractivity (Wildman–Crippen MR) is 77.8 cm³/mol. The normalized spacial score (nSPS) is 17.8. The molecule has 1 saturated carbocycles. The van der Waals surface area contributed by atoms with Crippen molar-refractivity contribution < 1.29 is 13.5 Å². The van der Waals surface area contributed by atoms with Crippen molar-refractivity contribution in [3.63, 3.8) is 0 Å². The van der Waals surface area contributed by atoms with Crippen LogP contribution < -0.4 is 0 Å². The van der Waals surface area contributed by atoms with E-state index in [4.69, 9.17) is 0 Å². The number of nitrogens with zero attached hydrogens (tertiary/aromatic N) is 2. The van der Waals surface area contributed by atoms with Gasteiger partial charge in [0.25, 0.3) is 0 Å². The van der Waals surface area contributed by atoms with Crippen molar-refractivity contribution in [2.45, 2.75) is 56.6 Å². The van der Waals surface area contributed by atoms with Crippen LogP contribution in [0.15, 0.2) is 17.2 Å². The zero-order chi connectivity index (χ0) is 14.8. The van der Waals surface area contributed by atoms with Gasteiger partial charge in [0.2, 0.25) is 10.0 Å². The molecule has 1 heterocycles. The first-order valence-electron chi connectivity index (χ1n) is 7.28. The van der Waals surface area contributed by atoms with Gasteiger partial charge in [-0.15, -0.1) is 0 Å². The molecule has 114 valence electrons. The molecule has 1 fully saturated rings. The minimum Gasteiger partial charge on any atom is -0.390 e. The average molecular weight is 300 g/mol. The van der Waals surface area contributed by atoms with E-state index < -0.39 is 10.0 Å². The van der Waals surface area contributed by atoms with E-state index in [1.54, 1.807) is 28.2 Å². The Hall–Kier alpha value is -0.850. The molecule has 0 amide bonds. The Morgan fingerprint density at radius 1 is 1.35 bits per heavy atom. The molecule has 0 saturated heterocycles. The summed E-state index contributed by atoms with van der Waals surface area (Å²) in [5.41, 5.74) is 0.614. The van der Waals surface area contributed by atoms with Crippen molar-refractivity contribution in [1.29, 1.82) is 0 Å². The summed E-state index contributed by atoms with van der Waals surface area (Å²) in [5, 5.41) is 9.21. The van der Waals surface area contributed by atoms with E-state index in [2.05, 4.69) is 0 Å². The van der Waals surface area contributed by atoms with Gasteiger partial charge < -0.3 is 9.67 Å². The van der Waals surface area contributed by atoms with E-state index >= 15 is 0 Å². The summed E-state index contributed by atoms with van der Waals surface area (Å²) in [5.74, 6) is 0. The Labute approximate surface area is 121 Å². The van der Waals surface area contributed by atoms with Crippen LogP contribution in [-0.2, 0) is 23.7 Å².